The zero-order chi connectivity index (χ0) is 17.1. The molecular formula is C16H22O6. The predicted molar refractivity (Wildman–Crippen MR) is 79.1 cm³/mol. The second kappa shape index (κ2) is 6.44. The SMILES string of the molecule is COC1=C(C)C(=O)C=CC1(C)OCC(=O)C(=O)OC(C)(C)C. The highest BCUT2D eigenvalue weighted by molar-refractivity contribution is 6.34. The summed E-state index contributed by atoms with van der Waals surface area (Å²) in [6.45, 7) is 7.81. The highest BCUT2D eigenvalue weighted by Crippen LogP contribution is 2.30. The molecule has 6 heteroatoms. The zero-order valence-corrected chi connectivity index (χ0v) is 13.8. The number of allylic oxidation sites excluding steroid dienone is 2. The Bertz CT molecular complexity index is 549. The van der Waals surface area contributed by atoms with E-state index in [1.165, 1.54) is 19.3 Å². The highest BCUT2D eigenvalue weighted by atomic mass is 16.6. The van der Waals surface area contributed by atoms with Crippen molar-refractivity contribution in [2.24, 2.45) is 0 Å². The molecule has 1 aliphatic carbocycles. The van der Waals surface area contributed by atoms with E-state index in [4.69, 9.17) is 14.2 Å². The van der Waals surface area contributed by atoms with Gasteiger partial charge in [-0.1, -0.05) is 0 Å². The topological polar surface area (TPSA) is 78.9 Å². The van der Waals surface area contributed by atoms with E-state index < -0.39 is 29.6 Å². The fraction of sp³-hybridized carbons (Fsp3) is 0.562. The maximum absolute atomic E-state index is 11.8. The largest absolute Gasteiger partial charge is 0.497 e. The number of carbonyl (C=O) groups excluding carboxylic acids is 3. The average molecular weight is 310 g/mol. The fourth-order valence-corrected chi connectivity index (χ4v) is 2.00. The molecule has 1 rings (SSSR count). The van der Waals surface area contributed by atoms with Crippen molar-refractivity contribution < 1.29 is 28.6 Å². The zero-order valence-electron chi connectivity index (χ0n) is 13.8. The Morgan fingerprint density at radius 3 is 2.36 bits per heavy atom. The third kappa shape index (κ3) is 4.27. The van der Waals surface area contributed by atoms with Crippen LogP contribution in [0.25, 0.3) is 0 Å². The Hall–Kier alpha value is -1.95. The third-order valence-corrected chi connectivity index (χ3v) is 3.05. The van der Waals surface area contributed by atoms with Crippen molar-refractivity contribution in [3.05, 3.63) is 23.5 Å². The number of hydrogen-bond acceptors (Lipinski definition) is 6. The van der Waals surface area contributed by atoms with Gasteiger partial charge in [0.1, 0.15) is 23.6 Å². The molecular weight excluding hydrogens is 288 g/mol. The van der Waals surface area contributed by atoms with E-state index >= 15 is 0 Å². The van der Waals surface area contributed by atoms with Crippen LogP contribution in [-0.4, -0.2) is 42.5 Å². The van der Waals surface area contributed by atoms with Gasteiger partial charge in [-0.3, -0.25) is 9.59 Å². The summed E-state index contributed by atoms with van der Waals surface area (Å²) >= 11 is 0. The summed E-state index contributed by atoms with van der Waals surface area (Å²) in [6.07, 6.45) is 2.86. The van der Waals surface area contributed by atoms with E-state index in [1.807, 2.05) is 0 Å². The monoisotopic (exact) mass is 310 g/mol. The standard InChI is InChI=1S/C16H22O6/c1-10-11(17)7-8-16(5,13(10)20-6)21-9-12(18)14(19)22-15(2,3)4/h7-8H,9H2,1-6H3. The van der Waals surface area contributed by atoms with Gasteiger partial charge in [0, 0.05) is 5.57 Å². The van der Waals surface area contributed by atoms with Gasteiger partial charge in [0.15, 0.2) is 5.78 Å². The minimum absolute atomic E-state index is 0.184. The number of Topliss-reactive ketones (excluding diaryl/α,β-unsaturated/α-hetero) is 1. The summed E-state index contributed by atoms with van der Waals surface area (Å²) in [5.41, 5.74) is -1.43. The maximum Gasteiger partial charge on any atom is 0.377 e. The van der Waals surface area contributed by atoms with Crippen molar-refractivity contribution in [1.82, 2.24) is 0 Å². The lowest BCUT2D eigenvalue weighted by molar-refractivity contribution is -0.165. The van der Waals surface area contributed by atoms with Gasteiger partial charge in [0.05, 0.1) is 7.11 Å². The first-order valence-electron chi connectivity index (χ1n) is 6.89. The molecule has 6 nitrogen and oxygen atoms in total. The Morgan fingerprint density at radius 2 is 1.86 bits per heavy atom. The van der Waals surface area contributed by atoms with E-state index in [9.17, 15) is 14.4 Å². The van der Waals surface area contributed by atoms with Gasteiger partial charge in [0.25, 0.3) is 5.78 Å². The van der Waals surface area contributed by atoms with Crippen LogP contribution in [0.3, 0.4) is 0 Å². The maximum atomic E-state index is 11.8. The predicted octanol–water partition coefficient (Wildman–Crippen LogP) is 1.73. The van der Waals surface area contributed by atoms with Gasteiger partial charge in [-0.15, -0.1) is 0 Å². The first-order valence-corrected chi connectivity index (χ1v) is 6.89. The van der Waals surface area contributed by atoms with Crippen molar-refractivity contribution in [3.8, 4) is 0 Å². The molecule has 0 heterocycles. The number of methoxy groups -OCH3 is 1. The molecule has 0 aromatic rings. The molecule has 0 bridgehead atoms. The molecule has 122 valence electrons. The van der Waals surface area contributed by atoms with Gasteiger partial charge in [0.2, 0.25) is 0 Å². The molecule has 0 fully saturated rings. The quantitative estimate of drug-likeness (QED) is 0.568. The van der Waals surface area contributed by atoms with Crippen LogP contribution in [0.4, 0.5) is 0 Å². The summed E-state index contributed by atoms with van der Waals surface area (Å²) < 4.78 is 15.7. The molecule has 0 spiro atoms. The third-order valence-electron chi connectivity index (χ3n) is 3.05. The summed E-state index contributed by atoms with van der Waals surface area (Å²) in [7, 11) is 1.42. The number of hydrogen-bond donors (Lipinski definition) is 0. The summed E-state index contributed by atoms with van der Waals surface area (Å²) in [5, 5.41) is 0. The lowest BCUT2D eigenvalue weighted by Gasteiger charge is -2.31. The van der Waals surface area contributed by atoms with Crippen molar-refractivity contribution >= 4 is 17.5 Å². The molecule has 0 saturated carbocycles. The Morgan fingerprint density at radius 1 is 1.27 bits per heavy atom. The summed E-state index contributed by atoms with van der Waals surface area (Å²) in [6, 6.07) is 0. The van der Waals surface area contributed by atoms with E-state index in [0.717, 1.165) is 0 Å². The highest BCUT2D eigenvalue weighted by Gasteiger charge is 2.36. The van der Waals surface area contributed by atoms with Gasteiger partial charge >= 0.3 is 5.97 Å². The Kier molecular flexibility index (Phi) is 5.30. The first kappa shape index (κ1) is 18.1. The molecule has 0 amide bonds. The molecule has 1 unspecified atom stereocenters. The van der Waals surface area contributed by atoms with Crippen LogP contribution in [0.15, 0.2) is 23.5 Å². The molecule has 0 saturated heterocycles. The lowest BCUT2D eigenvalue weighted by Crippen LogP contribution is -2.38. The molecule has 0 aromatic heterocycles. The minimum atomic E-state index is -1.08. The summed E-state index contributed by atoms with van der Waals surface area (Å²) in [5.74, 6) is -1.62. The number of ether oxygens (including phenoxy) is 3. The van der Waals surface area contributed by atoms with Crippen LogP contribution in [0.1, 0.15) is 34.6 Å². The molecule has 0 aliphatic heterocycles. The smallest absolute Gasteiger partial charge is 0.377 e. The van der Waals surface area contributed by atoms with Gasteiger partial charge in [-0.2, -0.15) is 0 Å². The van der Waals surface area contributed by atoms with Gasteiger partial charge in [-0.25, -0.2) is 4.79 Å². The molecule has 0 aromatic carbocycles. The average Bonchev–Trinajstić information content (AvgIpc) is 2.39. The molecule has 1 aliphatic rings. The van der Waals surface area contributed by atoms with E-state index in [1.54, 1.807) is 34.6 Å². The van der Waals surface area contributed by atoms with Crippen molar-refractivity contribution in [2.45, 2.75) is 45.8 Å². The van der Waals surface area contributed by atoms with E-state index in [0.29, 0.717) is 11.3 Å². The van der Waals surface area contributed by atoms with Crippen LogP contribution < -0.4 is 0 Å². The lowest BCUT2D eigenvalue weighted by atomic mass is 9.92. The fourth-order valence-electron chi connectivity index (χ4n) is 2.00. The van der Waals surface area contributed by atoms with Crippen LogP contribution in [0, 0.1) is 0 Å². The minimum Gasteiger partial charge on any atom is -0.497 e. The van der Waals surface area contributed by atoms with Crippen LogP contribution >= 0.6 is 0 Å². The number of rotatable bonds is 5. The molecule has 0 radical (unpaired) electrons. The summed E-state index contributed by atoms with van der Waals surface area (Å²) in [4.78, 5) is 35.1. The van der Waals surface area contributed by atoms with Crippen LogP contribution in [-0.2, 0) is 28.6 Å². The van der Waals surface area contributed by atoms with Crippen molar-refractivity contribution in [2.75, 3.05) is 13.7 Å². The second-order valence-corrected chi connectivity index (χ2v) is 6.18. The van der Waals surface area contributed by atoms with Gasteiger partial charge < -0.3 is 14.2 Å². The second-order valence-electron chi connectivity index (χ2n) is 6.18. The Balaban J connectivity index is 2.78. The molecule has 0 N–H and O–H groups in total. The molecule has 22 heavy (non-hydrogen) atoms. The van der Waals surface area contributed by atoms with Crippen LogP contribution in [0.5, 0.6) is 0 Å². The number of ketones is 2. The van der Waals surface area contributed by atoms with E-state index in [-0.39, 0.29) is 5.78 Å². The molecule has 1 atom stereocenters. The van der Waals surface area contributed by atoms with Crippen LogP contribution in [0.2, 0.25) is 0 Å². The van der Waals surface area contributed by atoms with E-state index in [2.05, 4.69) is 0 Å². The first-order chi connectivity index (χ1) is 10.00. The van der Waals surface area contributed by atoms with Crippen molar-refractivity contribution in [3.63, 3.8) is 0 Å². The normalized spacial score (nSPS) is 21.8. The number of carbonyl (C=O) groups is 3. The Labute approximate surface area is 130 Å². The van der Waals surface area contributed by atoms with Gasteiger partial charge in [-0.05, 0) is 46.8 Å². The number of esters is 1. The van der Waals surface area contributed by atoms with Crippen molar-refractivity contribution in [1.29, 1.82) is 0 Å².